The molecule has 0 bridgehead atoms. The van der Waals surface area contributed by atoms with Gasteiger partial charge in [0.1, 0.15) is 5.60 Å². The average Bonchev–Trinajstić information content (AvgIpc) is 3.38. The quantitative estimate of drug-likeness (QED) is 0.383. The molecule has 0 N–H and O–H groups in total. The highest BCUT2D eigenvalue weighted by Gasteiger charge is 2.47. The Hall–Kier alpha value is -3.70. The van der Waals surface area contributed by atoms with Gasteiger partial charge in [-0.2, -0.15) is 5.26 Å². The van der Waals surface area contributed by atoms with E-state index in [-0.39, 0.29) is 35.2 Å². The molecule has 8 nitrogen and oxygen atoms in total. The SMILES string of the molecule is N#Cc1ccc(CCN2CCC3(CC2)CN(CC2CCC(C(=O)N4CCC(C(=O)c5ccccc5)CC4)CC2)C(=O)O3)cc1. The van der Waals surface area contributed by atoms with Crippen LogP contribution < -0.4 is 0 Å². The summed E-state index contributed by atoms with van der Waals surface area (Å²) in [7, 11) is 0. The number of Topliss-reactive ketones (excluding diaryl/α,β-unsaturated/α-hetero) is 1. The van der Waals surface area contributed by atoms with Crippen LogP contribution in [-0.2, 0) is 16.0 Å². The molecular weight excluding hydrogens is 552 g/mol. The van der Waals surface area contributed by atoms with Crippen molar-refractivity contribution in [3.05, 3.63) is 71.3 Å². The number of hydrogen-bond donors (Lipinski definition) is 0. The lowest BCUT2D eigenvalue weighted by Crippen LogP contribution is -2.47. The third kappa shape index (κ3) is 6.99. The van der Waals surface area contributed by atoms with E-state index >= 15 is 0 Å². The topological polar surface area (TPSA) is 94.0 Å². The van der Waals surface area contributed by atoms with E-state index in [0.29, 0.717) is 31.1 Å². The summed E-state index contributed by atoms with van der Waals surface area (Å²) in [5, 5.41) is 8.99. The van der Waals surface area contributed by atoms with Crippen LogP contribution in [0.3, 0.4) is 0 Å². The lowest BCUT2D eigenvalue weighted by molar-refractivity contribution is -0.138. The van der Waals surface area contributed by atoms with Gasteiger partial charge in [0, 0.05) is 69.5 Å². The lowest BCUT2D eigenvalue weighted by Gasteiger charge is -2.38. The molecule has 3 heterocycles. The second-order valence-electron chi connectivity index (χ2n) is 13.4. The van der Waals surface area contributed by atoms with E-state index in [1.54, 1.807) is 0 Å². The number of carbonyl (C=O) groups is 3. The van der Waals surface area contributed by atoms with Crippen LogP contribution in [0.15, 0.2) is 54.6 Å². The number of nitrogens with zero attached hydrogens (tertiary/aromatic N) is 4. The largest absolute Gasteiger partial charge is 0.441 e. The average molecular weight is 597 g/mol. The molecule has 2 aromatic rings. The van der Waals surface area contributed by atoms with Crippen molar-refractivity contribution in [1.82, 2.24) is 14.7 Å². The van der Waals surface area contributed by atoms with Gasteiger partial charge in [-0.25, -0.2) is 4.79 Å². The van der Waals surface area contributed by atoms with Crippen molar-refractivity contribution in [3.8, 4) is 6.07 Å². The predicted octanol–water partition coefficient (Wildman–Crippen LogP) is 5.32. The number of amides is 2. The molecule has 6 rings (SSSR count). The highest BCUT2D eigenvalue weighted by Crippen LogP contribution is 2.37. The molecule has 1 spiro atoms. The van der Waals surface area contributed by atoms with Gasteiger partial charge >= 0.3 is 6.09 Å². The minimum atomic E-state index is -0.372. The van der Waals surface area contributed by atoms with E-state index in [1.165, 1.54) is 5.56 Å². The van der Waals surface area contributed by atoms with Crippen molar-refractivity contribution >= 4 is 17.8 Å². The second-order valence-corrected chi connectivity index (χ2v) is 13.4. The van der Waals surface area contributed by atoms with Crippen LogP contribution in [-0.4, -0.2) is 83.9 Å². The number of likely N-dealkylation sites (tertiary alicyclic amines) is 2. The molecule has 0 atom stereocenters. The zero-order valence-corrected chi connectivity index (χ0v) is 25.7. The molecule has 0 unspecified atom stereocenters. The Morgan fingerprint density at radius 3 is 2.20 bits per heavy atom. The molecule has 1 aliphatic carbocycles. The van der Waals surface area contributed by atoms with Gasteiger partial charge in [0.05, 0.1) is 18.2 Å². The Balaban J connectivity index is 0.903. The summed E-state index contributed by atoms with van der Waals surface area (Å²) in [6, 6.07) is 19.5. The molecule has 8 heteroatoms. The molecule has 4 aliphatic rings. The fourth-order valence-electron chi connectivity index (χ4n) is 7.67. The number of rotatable bonds is 8. The Bertz CT molecular complexity index is 1350. The van der Waals surface area contributed by atoms with Crippen LogP contribution in [0.4, 0.5) is 4.79 Å². The van der Waals surface area contributed by atoms with Crippen molar-refractivity contribution in [2.45, 2.75) is 63.4 Å². The van der Waals surface area contributed by atoms with Crippen molar-refractivity contribution in [3.63, 3.8) is 0 Å². The van der Waals surface area contributed by atoms with E-state index in [2.05, 4.69) is 11.0 Å². The van der Waals surface area contributed by atoms with Gasteiger partial charge in [-0.15, -0.1) is 0 Å². The lowest BCUT2D eigenvalue weighted by atomic mass is 9.80. The van der Waals surface area contributed by atoms with Crippen LogP contribution in [0.1, 0.15) is 72.9 Å². The third-order valence-corrected chi connectivity index (χ3v) is 10.5. The zero-order valence-electron chi connectivity index (χ0n) is 25.7. The van der Waals surface area contributed by atoms with Crippen molar-refractivity contribution in [1.29, 1.82) is 5.26 Å². The first-order valence-electron chi connectivity index (χ1n) is 16.5. The normalized spacial score (nSPS) is 24.2. The molecule has 3 aliphatic heterocycles. The molecule has 3 saturated heterocycles. The highest BCUT2D eigenvalue weighted by atomic mass is 16.6. The molecule has 44 heavy (non-hydrogen) atoms. The number of nitriles is 1. The van der Waals surface area contributed by atoms with Gasteiger partial charge < -0.3 is 19.4 Å². The summed E-state index contributed by atoms with van der Waals surface area (Å²) < 4.78 is 6.02. The minimum absolute atomic E-state index is 0.00170. The smallest absolute Gasteiger partial charge is 0.410 e. The van der Waals surface area contributed by atoms with Crippen LogP contribution in [0.2, 0.25) is 0 Å². The minimum Gasteiger partial charge on any atom is -0.441 e. The molecule has 2 amide bonds. The fourth-order valence-corrected chi connectivity index (χ4v) is 7.67. The number of piperidine rings is 2. The number of carbonyl (C=O) groups excluding carboxylic acids is 3. The monoisotopic (exact) mass is 596 g/mol. The Labute approximate surface area is 260 Å². The van der Waals surface area contributed by atoms with E-state index in [9.17, 15) is 14.4 Å². The molecule has 4 fully saturated rings. The summed E-state index contributed by atoms with van der Waals surface area (Å²) in [6.07, 6.45) is 7.62. The molecule has 0 radical (unpaired) electrons. The number of hydrogen-bond acceptors (Lipinski definition) is 6. The van der Waals surface area contributed by atoms with Crippen LogP contribution in [0.5, 0.6) is 0 Å². The molecule has 0 aromatic heterocycles. The standard InChI is InChI=1S/C36H44N4O4/c37-24-28-8-6-27(7-9-28)14-19-38-22-17-36(18-23-38)26-40(35(43)44-36)25-29-10-12-32(13-11-29)34(42)39-20-15-31(16-21-39)33(41)30-4-2-1-3-5-30/h1-9,29,31-32H,10-23,25-26H2. The summed E-state index contributed by atoms with van der Waals surface area (Å²) in [4.78, 5) is 45.4. The van der Waals surface area contributed by atoms with E-state index in [4.69, 9.17) is 10.00 Å². The zero-order chi connectivity index (χ0) is 30.5. The maximum atomic E-state index is 13.3. The number of benzene rings is 2. The fraction of sp³-hybridized carbons (Fsp3) is 0.556. The summed E-state index contributed by atoms with van der Waals surface area (Å²) in [5.41, 5.74) is 2.32. The summed E-state index contributed by atoms with van der Waals surface area (Å²) in [5.74, 6) is 0.911. The summed E-state index contributed by atoms with van der Waals surface area (Å²) >= 11 is 0. The molecular formula is C36H44N4O4. The first kappa shape index (κ1) is 30.3. The molecule has 2 aromatic carbocycles. The molecule has 1 saturated carbocycles. The maximum Gasteiger partial charge on any atom is 0.410 e. The van der Waals surface area contributed by atoms with Gasteiger partial charge in [0.25, 0.3) is 0 Å². The highest BCUT2D eigenvalue weighted by molar-refractivity contribution is 5.98. The Kier molecular flexibility index (Phi) is 9.32. The van der Waals surface area contributed by atoms with E-state index in [1.807, 2.05) is 64.4 Å². The van der Waals surface area contributed by atoms with Gasteiger partial charge in [0.2, 0.25) is 5.91 Å². The first-order chi connectivity index (χ1) is 21.4. The Morgan fingerprint density at radius 2 is 1.55 bits per heavy atom. The van der Waals surface area contributed by atoms with Crippen molar-refractivity contribution in [2.75, 3.05) is 45.8 Å². The Morgan fingerprint density at radius 1 is 0.864 bits per heavy atom. The van der Waals surface area contributed by atoms with Crippen molar-refractivity contribution in [2.24, 2.45) is 17.8 Å². The summed E-state index contributed by atoms with van der Waals surface area (Å²) in [6.45, 7) is 5.52. The van der Waals surface area contributed by atoms with Gasteiger partial charge in [-0.1, -0.05) is 42.5 Å². The first-order valence-corrected chi connectivity index (χ1v) is 16.5. The van der Waals surface area contributed by atoms with Crippen LogP contribution in [0, 0.1) is 29.1 Å². The third-order valence-electron chi connectivity index (χ3n) is 10.5. The van der Waals surface area contributed by atoms with Crippen LogP contribution >= 0.6 is 0 Å². The van der Waals surface area contributed by atoms with Crippen molar-refractivity contribution < 1.29 is 19.1 Å². The van der Waals surface area contributed by atoms with Gasteiger partial charge in [-0.3, -0.25) is 9.59 Å². The molecule has 232 valence electrons. The number of ether oxygens (including phenoxy) is 1. The maximum absolute atomic E-state index is 13.3. The second kappa shape index (κ2) is 13.5. The van der Waals surface area contributed by atoms with Gasteiger partial charge in [0.15, 0.2) is 5.78 Å². The van der Waals surface area contributed by atoms with E-state index < -0.39 is 0 Å². The predicted molar refractivity (Wildman–Crippen MR) is 167 cm³/mol. The van der Waals surface area contributed by atoms with E-state index in [0.717, 1.165) is 89.5 Å². The number of ketones is 1. The van der Waals surface area contributed by atoms with Gasteiger partial charge in [-0.05, 0) is 68.6 Å². The van der Waals surface area contributed by atoms with Crippen LogP contribution in [0.25, 0.3) is 0 Å².